The minimum Gasteiger partial charge on any atom is -0.294 e. The molecular weight excluding hydrogens is 228 g/mol. The molecule has 0 bridgehead atoms. The van der Waals surface area contributed by atoms with Crippen LogP contribution in [0.2, 0.25) is 0 Å². The Morgan fingerprint density at radius 2 is 1.88 bits per heavy atom. The van der Waals surface area contributed by atoms with Gasteiger partial charge in [0.1, 0.15) is 0 Å². The number of nitrogens with two attached hydrogens (primary N) is 1. The number of hydrazine groups is 1. The van der Waals surface area contributed by atoms with Crippen LogP contribution in [-0.4, -0.2) is 20.1 Å². The topological polar surface area (TPSA) is 89.3 Å². The van der Waals surface area contributed by atoms with E-state index in [9.17, 15) is 13.2 Å². The van der Waals surface area contributed by atoms with Crippen molar-refractivity contribution in [3.8, 4) is 0 Å². The maximum atomic E-state index is 11.5. The van der Waals surface area contributed by atoms with Gasteiger partial charge in [-0.25, -0.2) is 14.3 Å². The zero-order chi connectivity index (χ0) is 12.2. The van der Waals surface area contributed by atoms with Crippen LogP contribution < -0.4 is 11.3 Å². The molecule has 1 aromatic rings. The highest BCUT2D eigenvalue weighted by atomic mass is 32.2. The summed E-state index contributed by atoms with van der Waals surface area (Å²) in [4.78, 5) is 11.2. The van der Waals surface area contributed by atoms with Gasteiger partial charge in [-0.2, -0.15) is 0 Å². The third-order valence-corrected chi connectivity index (χ3v) is 3.94. The Balaban J connectivity index is 2.88. The number of carbonyl (C=O) groups excluding carboxylic acids is 1. The third kappa shape index (κ3) is 3.04. The van der Waals surface area contributed by atoms with E-state index in [1.165, 1.54) is 12.1 Å². The molecule has 0 radical (unpaired) electrons. The zero-order valence-corrected chi connectivity index (χ0v) is 9.75. The fourth-order valence-corrected chi connectivity index (χ4v) is 2.10. The van der Waals surface area contributed by atoms with Crippen LogP contribution >= 0.6 is 0 Å². The van der Waals surface area contributed by atoms with Gasteiger partial charge in [0.05, 0.1) is 17.1 Å². The summed E-state index contributed by atoms with van der Waals surface area (Å²) in [6, 6.07) is 6.21. The Morgan fingerprint density at radius 1 is 1.31 bits per heavy atom. The molecule has 88 valence electrons. The first-order valence-electron chi connectivity index (χ1n) is 4.80. The van der Waals surface area contributed by atoms with Gasteiger partial charge in [0.25, 0.3) is 0 Å². The normalized spacial score (nSPS) is 11.1. The number of amides is 1. The Kier molecular flexibility index (Phi) is 4.03. The monoisotopic (exact) mass is 242 g/mol. The lowest BCUT2D eigenvalue weighted by Gasteiger charge is -2.03. The number of hydrogen-bond donors (Lipinski definition) is 2. The van der Waals surface area contributed by atoms with E-state index in [4.69, 9.17) is 5.84 Å². The van der Waals surface area contributed by atoms with Crippen molar-refractivity contribution in [3.63, 3.8) is 0 Å². The van der Waals surface area contributed by atoms with Gasteiger partial charge in [-0.1, -0.05) is 19.1 Å². The number of nitrogens with one attached hydrogen (secondary N) is 1. The lowest BCUT2D eigenvalue weighted by Crippen LogP contribution is -2.31. The lowest BCUT2D eigenvalue weighted by molar-refractivity contribution is -0.120. The van der Waals surface area contributed by atoms with E-state index in [0.717, 1.165) is 5.56 Å². The summed E-state index contributed by atoms with van der Waals surface area (Å²) >= 11 is 0. The summed E-state index contributed by atoms with van der Waals surface area (Å²) in [6.07, 6.45) is 0.142. The van der Waals surface area contributed by atoms with E-state index in [0.29, 0.717) is 0 Å². The Morgan fingerprint density at radius 3 is 2.31 bits per heavy atom. The average Bonchev–Trinajstić information content (AvgIpc) is 2.29. The molecule has 5 nitrogen and oxygen atoms in total. The largest absolute Gasteiger partial charge is 0.294 e. The fraction of sp³-hybridized carbons (Fsp3) is 0.300. The minimum absolute atomic E-state index is 0.0651. The van der Waals surface area contributed by atoms with E-state index >= 15 is 0 Å². The molecule has 0 aromatic heterocycles. The first-order valence-corrected chi connectivity index (χ1v) is 6.46. The first kappa shape index (κ1) is 12.7. The molecule has 0 saturated heterocycles. The summed E-state index contributed by atoms with van der Waals surface area (Å²) < 4.78 is 23.0. The van der Waals surface area contributed by atoms with Crippen molar-refractivity contribution < 1.29 is 13.2 Å². The second-order valence-corrected chi connectivity index (χ2v) is 5.57. The Bertz CT molecular complexity index is 465. The summed E-state index contributed by atoms with van der Waals surface area (Å²) in [5, 5.41) is 0. The molecule has 0 aliphatic rings. The summed E-state index contributed by atoms with van der Waals surface area (Å²) in [7, 11) is -3.17. The number of carbonyl (C=O) groups is 1. The van der Waals surface area contributed by atoms with Gasteiger partial charge in [-0.15, -0.1) is 0 Å². The third-order valence-electron chi connectivity index (χ3n) is 2.19. The van der Waals surface area contributed by atoms with E-state index in [-0.39, 0.29) is 23.0 Å². The molecule has 0 atom stereocenters. The van der Waals surface area contributed by atoms with Gasteiger partial charge >= 0.3 is 0 Å². The number of sulfone groups is 1. The first-order chi connectivity index (χ1) is 7.49. The average molecular weight is 242 g/mol. The highest BCUT2D eigenvalue weighted by Gasteiger charge is 2.11. The van der Waals surface area contributed by atoms with Crippen molar-refractivity contribution in [1.29, 1.82) is 0 Å². The van der Waals surface area contributed by atoms with E-state index in [1.54, 1.807) is 19.1 Å². The van der Waals surface area contributed by atoms with Crippen molar-refractivity contribution in [1.82, 2.24) is 5.43 Å². The van der Waals surface area contributed by atoms with E-state index in [1.807, 2.05) is 5.43 Å². The predicted octanol–water partition coefficient (Wildman–Crippen LogP) is 0.0126. The molecule has 0 spiro atoms. The van der Waals surface area contributed by atoms with E-state index < -0.39 is 9.84 Å². The second-order valence-electron chi connectivity index (χ2n) is 3.29. The molecule has 0 unspecified atom stereocenters. The smallest absolute Gasteiger partial charge is 0.238 e. The molecule has 0 aliphatic heterocycles. The van der Waals surface area contributed by atoms with Crippen LogP contribution in [0.15, 0.2) is 29.2 Å². The molecular formula is C10H14N2O3S. The van der Waals surface area contributed by atoms with Crippen molar-refractivity contribution >= 4 is 15.7 Å². The SMILES string of the molecule is CCS(=O)(=O)c1ccc(CC(=O)NN)cc1. The van der Waals surface area contributed by atoms with Crippen LogP contribution in [0, 0.1) is 0 Å². The standard InChI is InChI=1S/C10H14N2O3S/c1-2-16(14,15)9-5-3-8(4-6-9)7-10(13)12-11/h3-6H,2,7,11H2,1H3,(H,12,13). The summed E-state index contributed by atoms with van der Waals surface area (Å²) in [5.41, 5.74) is 2.73. The fourth-order valence-electron chi connectivity index (χ4n) is 1.22. The highest BCUT2D eigenvalue weighted by Crippen LogP contribution is 2.12. The van der Waals surface area contributed by atoms with Crippen LogP contribution in [0.25, 0.3) is 0 Å². The van der Waals surface area contributed by atoms with Crippen molar-refractivity contribution in [2.24, 2.45) is 5.84 Å². The summed E-state index contributed by atoms with van der Waals surface area (Å²) in [6.45, 7) is 1.59. The lowest BCUT2D eigenvalue weighted by atomic mass is 10.1. The zero-order valence-electron chi connectivity index (χ0n) is 8.93. The van der Waals surface area contributed by atoms with Gasteiger partial charge in [-0.05, 0) is 17.7 Å². The molecule has 0 aliphatic carbocycles. The molecule has 0 heterocycles. The van der Waals surface area contributed by atoms with Crippen LogP contribution in [0.1, 0.15) is 12.5 Å². The quantitative estimate of drug-likeness (QED) is 0.442. The Hall–Kier alpha value is -1.40. The van der Waals surface area contributed by atoms with Crippen LogP contribution in [-0.2, 0) is 21.1 Å². The molecule has 16 heavy (non-hydrogen) atoms. The second kappa shape index (κ2) is 5.09. The summed E-state index contributed by atoms with van der Waals surface area (Å²) in [5.74, 6) is 4.70. The van der Waals surface area contributed by atoms with Crippen molar-refractivity contribution in [3.05, 3.63) is 29.8 Å². The molecule has 0 saturated carbocycles. The van der Waals surface area contributed by atoms with Crippen molar-refractivity contribution in [2.75, 3.05) is 5.75 Å². The van der Waals surface area contributed by atoms with Gasteiger partial charge < -0.3 is 0 Å². The maximum absolute atomic E-state index is 11.5. The number of rotatable bonds is 4. The number of benzene rings is 1. The van der Waals surface area contributed by atoms with Gasteiger partial charge in [0, 0.05) is 0 Å². The van der Waals surface area contributed by atoms with Crippen LogP contribution in [0.5, 0.6) is 0 Å². The molecule has 3 N–H and O–H groups in total. The molecule has 6 heteroatoms. The Labute approximate surface area is 94.5 Å². The minimum atomic E-state index is -3.17. The highest BCUT2D eigenvalue weighted by molar-refractivity contribution is 7.91. The van der Waals surface area contributed by atoms with Crippen LogP contribution in [0.4, 0.5) is 0 Å². The molecule has 1 amide bonds. The molecule has 0 fully saturated rings. The van der Waals surface area contributed by atoms with E-state index in [2.05, 4.69) is 0 Å². The molecule has 1 aromatic carbocycles. The van der Waals surface area contributed by atoms with Crippen molar-refractivity contribution in [2.45, 2.75) is 18.2 Å². The molecule has 1 rings (SSSR count). The van der Waals surface area contributed by atoms with Gasteiger partial charge in [0.2, 0.25) is 5.91 Å². The van der Waals surface area contributed by atoms with Gasteiger partial charge in [-0.3, -0.25) is 10.2 Å². The predicted molar refractivity (Wildman–Crippen MR) is 60.2 cm³/mol. The van der Waals surface area contributed by atoms with Gasteiger partial charge in [0.15, 0.2) is 9.84 Å². The maximum Gasteiger partial charge on any atom is 0.238 e. The number of hydrogen-bond acceptors (Lipinski definition) is 4. The van der Waals surface area contributed by atoms with Crippen LogP contribution in [0.3, 0.4) is 0 Å².